The van der Waals surface area contributed by atoms with E-state index in [4.69, 9.17) is 4.43 Å². The fourth-order valence-electron chi connectivity index (χ4n) is 2.32. The molecule has 0 heterocycles. The molecule has 1 unspecified atom stereocenters. The zero-order valence-corrected chi connectivity index (χ0v) is 12.7. The first-order valence-corrected chi connectivity index (χ1v) is 6.35. The molecule has 1 N–H and O–H groups in total. The number of hydrogen-bond acceptors (Lipinski definition) is 2. The van der Waals surface area contributed by atoms with Crippen molar-refractivity contribution in [3.8, 4) is 0 Å². The van der Waals surface area contributed by atoms with Gasteiger partial charge in [0.2, 0.25) is 0 Å². The molecule has 0 aliphatic rings. The molecule has 2 nitrogen and oxygen atoms in total. The topological polar surface area (TPSA) is 29.5 Å². The van der Waals surface area contributed by atoms with Crippen molar-refractivity contribution in [3.63, 3.8) is 0 Å². The van der Waals surface area contributed by atoms with Crippen molar-refractivity contribution < 1.29 is 9.53 Å². The average Bonchev–Trinajstić information content (AvgIpc) is 2.03. The smallest absolute Gasteiger partial charge is 0.146 e. The summed E-state index contributed by atoms with van der Waals surface area (Å²) in [5.41, 5.74) is -0.698. The third-order valence-corrected chi connectivity index (χ3v) is 3.67. The van der Waals surface area contributed by atoms with Gasteiger partial charge in [-0.1, -0.05) is 41.5 Å². The second-order valence-corrected chi connectivity index (χ2v) is 5.57. The summed E-state index contributed by atoms with van der Waals surface area (Å²) < 4.78 is 5.59. The molecule has 0 spiro atoms. The molecular formula is C11H26O2Si. The van der Waals surface area contributed by atoms with Crippen LogP contribution in [0.1, 0.15) is 41.5 Å². The van der Waals surface area contributed by atoms with E-state index in [9.17, 15) is 5.11 Å². The van der Waals surface area contributed by atoms with E-state index in [1.165, 1.54) is 0 Å². The van der Waals surface area contributed by atoms with Gasteiger partial charge in [-0.15, -0.1) is 0 Å². The maximum Gasteiger partial charge on any atom is 0.146 e. The Morgan fingerprint density at radius 1 is 1.00 bits per heavy atom. The third-order valence-electron chi connectivity index (χ3n) is 3.16. The van der Waals surface area contributed by atoms with E-state index < -0.39 is 5.60 Å². The van der Waals surface area contributed by atoms with Crippen LogP contribution in [-0.4, -0.2) is 27.3 Å². The van der Waals surface area contributed by atoms with E-state index in [2.05, 4.69) is 41.5 Å². The summed E-state index contributed by atoms with van der Waals surface area (Å²) in [6, 6.07) is 0. The predicted octanol–water partition coefficient (Wildman–Crippen LogP) is 1.35. The highest BCUT2D eigenvalue weighted by atomic mass is 28.2. The summed E-state index contributed by atoms with van der Waals surface area (Å²) in [5.74, 6) is 0.815. The van der Waals surface area contributed by atoms with Gasteiger partial charge in [0.1, 0.15) is 10.5 Å². The lowest BCUT2D eigenvalue weighted by molar-refractivity contribution is -0.138. The van der Waals surface area contributed by atoms with Crippen LogP contribution in [0, 0.1) is 17.8 Å². The van der Waals surface area contributed by atoms with Gasteiger partial charge in [0.05, 0.1) is 11.7 Å². The summed E-state index contributed by atoms with van der Waals surface area (Å²) >= 11 is 0. The van der Waals surface area contributed by atoms with Gasteiger partial charge in [-0.25, -0.2) is 0 Å². The Morgan fingerprint density at radius 2 is 1.36 bits per heavy atom. The van der Waals surface area contributed by atoms with Crippen LogP contribution in [0.2, 0.25) is 0 Å². The molecule has 1 atom stereocenters. The molecule has 0 saturated carbocycles. The van der Waals surface area contributed by atoms with Gasteiger partial charge in [0, 0.05) is 0 Å². The van der Waals surface area contributed by atoms with E-state index in [-0.39, 0.29) is 17.9 Å². The Labute approximate surface area is 91.6 Å². The second-order valence-electron chi connectivity index (χ2n) is 5.10. The highest BCUT2D eigenvalue weighted by Crippen LogP contribution is 2.34. The van der Waals surface area contributed by atoms with E-state index in [0.29, 0.717) is 16.4 Å². The summed E-state index contributed by atoms with van der Waals surface area (Å²) in [7, 11) is 0.682. The van der Waals surface area contributed by atoms with Crippen molar-refractivity contribution in [3.05, 3.63) is 0 Å². The van der Waals surface area contributed by atoms with Crippen LogP contribution in [-0.2, 0) is 4.43 Å². The Balaban J connectivity index is 4.96. The molecule has 0 fully saturated rings. The summed E-state index contributed by atoms with van der Waals surface area (Å²) in [5, 5.41) is 10.7. The maximum atomic E-state index is 10.7. The van der Waals surface area contributed by atoms with Crippen molar-refractivity contribution in [1.29, 1.82) is 0 Å². The molecule has 0 aromatic rings. The standard InChI is InChI=1S/C11H26O2Si/c1-7(2)10(13-14)11(12,8(3)4)9(5)6/h7-10,12H,1-6,14H3. The van der Waals surface area contributed by atoms with Gasteiger partial charge in [-0.05, 0) is 17.8 Å². The Bertz CT molecular complexity index is 159. The van der Waals surface area contributed by atoms with E-state index >= 15 is 0 Å². The normalized spacial score (nSPS) is 15.9. The molecule has 0 rings (SSSR count). The molecule has 0 amide bonds. The molecule has 0 saturated heterocycles. The molecule has 0 aliphatic carbocycles. The quantitative estimate of drug-likeness (QED) is 0.706. The Hall–Kier alpha value is 0.137. The van der Waals surface area contributed by atoms with Crippen LogP contribution in [0.15, 0.2) is 0 Å². The van der Waals surface area contributed by atoms with Crippen molar-refractivity contribution >= 4 is 10.5 Å². The molecule has 14 heavy (non-hydrogen) atoms. The lowest BCUT2D eigenvalue weighted by Gasteiger charge is -2.44. The first-order valence-electron chi connectivity index (χ1n) is 5.53. The molecule has 0 aromatic carbocycles. The van der Waals surface area contributed by atoms with Crippen LogP contribution < -0.4 is 0 Å². The molecule has 0 aromatic heterocycles. The SMILES string of the molecule is CC(C)C(O[SiH3])C(O)(C(C)C)C(C)C. The molecule has 0 radical (unpaired) electrons. The van der Waals surface area contributed by atoms with Crippen LogP contribution in [0.4, 0.5) is 0 Å². The minimum Gasteiger partial charge on any atom is -0.422 e. The van der Waals surface area contributed by atoms with Crippen molar-refractivity contribution in [1.82, 2.24) is 0 Å². The van der Waals surface area contributed by atoms with E-state index in [1.54, 1.807) is 0 Å². The van der Waals surface area contributed by atoms with Gasteiger partial charge in [0.15, 0.2) is 0 Å². The zero-order valence-electron chi connectivity index (χ0n) is 10.7. The van der Waals surface area contributed by atoms with Crippen LogP contribution in [0.3, 0.4) is 0 Å². The first-order chi connectivity index (χ1) is 6.28. The largest absolute Gasteiger partial charge is 0.422 e. The molecule has 0 aliphatic heterocycles. The number of aliphatic hydroxyl groups is 1. The van der Waals surface area contributed by atoms with Crippen LogP contribution >= 0.6 is 0 Å². The Kier molecular flexibility index (Phi) is 5.34. The fraction of sp³-hybridized carbons (Fsp3) is 1.00. The lowest BCUT2D eigenvalue weighted by atomic mass is 9.73. The number of hydrogen-bond donors (Lipinski definition) is 1. The minimum absolute atomic E-state index is 0.0332. The summed E-state index contributed by atoms with van der Waals surface area (Å²) in [6.07, 6.45) is -0.0332. The Morgan fingerprint density at radius 3 is 1.43 bits per heavy atom. The highest BCUT2D eigenvalue weighted by Gasteiger charge is 2.43. The molecule has 3 heteroatoms. The van der Waals surface area contributed by atoms with Gasteiger partial charge >= 0.3 is 0 Å². The van der Waals surface area contributed by atoms with Gasteiger partial charge < -0.3 is 9.53 Å². The number of rotatable bonds is 5. The van der Waals surface area contributed by atoms with Crippen molar-refractivity contribution in [2.45, 2.75) is 53.2 Å². The van der Waals surface area contributed by atoms with Gasteiger partial charge in [-0.3, -0.25) is 0 Å². The minimum atomic E-state index is -0.698. The van der Waals surface area contributed by atoms with Gasteiger partial charge in [-0.2, -0.15) is 0 Å². The predicted molar refractivity (Wildman–Crippen MR) is 64.3 cm³/mol. The van der Waals surface area contributed by atoms with Crippen LogP contribution in [0.25, 0.3) is 0 Å². The van der Waals surface area contributed by atoms with Gasteiger partial charge in [0.25, 0.3) is 0 Å². The maximum absolute atomic E-state index is 10.7. The molecular weight excluding hydrogens is 192 g/mol. The van der Waals surface area contributed by atoms with Crippen LogP contribution in [0.5, 0.6) is 0 Å². The highest BCUT2D eigenvalue weighted by molar-refractivity contribution is 5.98. The first kappa shape index (κ1) is 14.1. The lowest BCUT2D eigenvalue weighted by Crippen LogP contribution is -2.54. The third kappa shape index (κ3) is 2.58. The summed E-state index contributed by atoms with van der Waals surface area (Å²) in [4.78, 5) is 0. The van der Waals surface area contributed by atoms with Crippen molar-refractivity contribution in [2.24, 2.45) is 17.8 Å². The fourth-order valence-corrected chi connectivity index (χ4v) is 3.24. The zero-order chi connectivity index (χ0) is 11.5. The summed E-state index contributed by atoms with van der Waals surface area (Å²) in [6.45, 7) is 12.5. The molecule has 86 valence electrons. The molecule has 0 bridgehead atoms. The van der Waals surface area contributed by atoms with E-state index in [1.807, 2.05) is 0 Å². The monoisotopic (exact) mass is 218 g/mol. The van der Waals surface area contributed by atoms with E-state index in [0.717, 1.165) is 0 Å². The average molecular weight is 218 g/mol. The van der Waals surface area contributed by atoms with Crippen molar-refractivity contribution in [2.75, 3.05) is 0 Å². The second kappa shape index (κ2) is 5.28.